The number of nitrogens with zero attached hydrogens (tertiary/aromatic N) is 3. The van der Waals surface area contributed by atoms with Crippen molar-refractivity contribution in [1.29, 1.82) is 0 Å². The van der Waals surface area contributed by atoms with Crippen LogP contribution >= 0.6 is 23.1 Å². The summed E-state index contributed by atoms with van der Waals surface area (Å²) in [6.45, 7) is 1.39. The first-order chi connectivity index (χ1) is 16.7. The van der Waals surface area contributed by atoms with E-state index in [9.17, 15) is 9.59 Å². The number of benzene rings is 2. The summed E-state index contributed by atoms with van der Waals surface area (Å²) in [7, 11) is 0. The van der Waals surface area contributed by atoms with Crippen molar-refractivity contribution in [2.24, 2.45) is 0 Å². The van der Waals surface area contributed by atoms with Crippen LogP contribution in [0.2, 0.25) is 0 Å². The van der Waals surface area contributed by atoms with Gasteiger partial charge in [-0.05, 0) is 53.3 Å². The molecule has 0 saturated carbocycles. The molecule has 0 unspecified atom stereocenters. The van der Waals surface area contributed by atoms with Gasteiger partial charge in [0.15, 0.2) is 16.7 Å². The molecule has 1 saturated heterocycles. The van der Waals surface area contributed by atoms with Gasteiger partial charge in [0.25, 0.3) is 5.56 Å². The number of rotatable bonds is 6. The summed E-state index contributed by atoms with van der Waals surface area (Å²) in [5.74, 6) is 2.26. The van der Waals surface area contributed by atoms with Crippen molar-refractivity contribution >= 4 is 44.9 Å². The molecule has 0 N–H and O–H groups in total. The molecule has 9 heteroatoms. The molecule has 1 amide bonds. The molecule has 7 nitrogen and oxygen atoms in total. The summed E-state index contributed by atoms with van der Waals surface area (Å²) < 4.78 is 13.3. The summed E-state index contributed by atoms with van der Waals surface area (Å²) >= 11 is 2.95. The zero-order valence-electron chi connectivity index (χ0n) is 18.2. The van der Waals surface area contributed by atoms with Crippen LogP contribution in [0.25, 0.3) is 10.2 Å². The average molecular weight is 492 g/mol. The highest BCUT2D eigenvalue weighted by Crippen LogP contribution is 2.33. The highest BCUT2D eigenvalue weighted by atomic mass is 32.2. The molecule has 2 aromatic heterocycles. The molecule has 172 valence electrons. The predicted octanol–water partition coefficient (Wildman–Crippen LogP) is 4.65. The fourth-order valence-corrected chi connectivity index (χ4v) is 5.97. The van der Waals surface area contributed by atoms with Crippen molar-refractivity contribution in [2.45, 2.75) is 30.3 Å². The Balaban J connectivity index is 1.27. The molecule has 2 aliphatic rings. The van der Waals surface area contributed by atoms with E-state index in [0.717, 1.165) is 41.0 Å². The summed E-state index contributed by atoms with van der Waals surface area (Å²) in [5.41, 5.74) is 3.68. The van der Waals surface area contributed by atoms with Gasteiger partial charge in [-0.3, -0.25) is 14.2 Å². The van der Waals surface area contributed by atoms with Crippen LogP contribution in [0, 0.1) is 0 Å². The molecule has 2 aromatic carbocycles. The maximum atomic E-state index is 13.3. The molecule has 34 heavy (non-hydrogen) atoms. The van der Waals surface area contributed by atoms with Crippen molar-refractivity contribution < 1.29 is 14.3 Å². The lowest BCUT2D eigenvalue weighted by Crippen LogP contribution is -2.23. The van der Waals surface area contributed by atoms with Crippen molar-refractivity contribution in [3.8, 4) is 11.5 Å². The number of aromatic nitrogens is 2. The van der Waals surface area contributed by atoms with E-state index in [-0.39, 0.29) is 18.3 Å². The topological polar surface area (TPSA) is 73.7 Å². The summed E-state index contributed by atoms with van der Waals surface area (Å²) in [4.78, 5) is 32.0. The Bertz CT molecular complexity index is 1450. The van der Waals surface area contributed by atoms with Gasteiger partial charge in [0.1, 0.15) is 4.70 Å². The molecule has 4 aromatic rings. The van der Waals surface area contributed by atoms with E-state index in [1.807, 2.05) is 58.8 Å². The Morgan fingerprint density at radius 3 is 2.65 bits per heavy atom. The molecule has 0 atom stereocenters. The van der Waals surface area contributed by atoms with E-state index in [4.69, 9.17) is 14.5 Å². The highest BCUT2D eigenvalue weighted by molar-refractivity contribution is 7.98. The quantitative estimate of drug-likeness (QED) is 0.289. The van der Waals surface area contributed by atoms with Crippen molar-refractivity contribution in [3.63, 3.8) is 0 Å². The number of fused-ring (bicyclic) bond motifs is 2. The molecule has 4 heterocycles. The van der Waals surface area contributed by atoms with E-state index >= 15 is 0 Å². The van der Waals surface area contributed by atoms with Gasteiger partial charge in [-0.15, -0.1) is 11.3 Å². The van der Waals surface area contributed by atoms with Crippen LogP contribution in [-0.4, -0.2) is 28.8 Å². The first-order valence-corrected chi connectivity index (χ1v) is 12.9. The van der Waals surface area contributed by atoms with Crippen molar-refractivity contribution in [2.75, 3.05) is 18.2 Å². The normalized spacial score (nSPS) is 14.9. The molecular formula is C25H21N3O4S2. The van der Waals surface area contributed by atoms with Gasteiger partial charge in [-0.1, -0.05) is 30.0 Å². The summed E-state index contributed by atoms with van der Waals surface area (Å²) in [6.07, 6.45) is 1.53. The minimum atomic E-state index is -0.0388. The Hall–Kier alpha value is -3.30. The van der Waals surface area contributed by atoms with Gasteiger partial charge < -0.3 is 14.4 Å². The number of carbonyl (C=O) groups is 1. The Morgan fingerprint density at radius 2 is 1.82 bits per heavy atom. The molecule has 2 aliphatic heterocycles. The molecule has 0 spiro atoms. The SMILES string of the molecule is O=C1CCCN1c1ccc(CSc2nc3ccsc3c(=O)n2Cc2ccc3c(c2)OCO3)cc1. The predicted molar refractivity (Wildman–Crippen MR) is 133 cm³/mol. The van der Waals surface area contributed by atoms with Crippen LogP contribution in [0.3, 0.4) is 0 Å². The number of ether oxygens (including phenoxy) is 2. The van der Waals surface area contributed by atoms with Gasteiger partial charge >= 0.3 is 0 Å². The van der Waals surface area contributed by atoms with E-state index in [0.29, 0.717) is 34.3 Å². The third-order valence-corrected chi connectivity index (χ3v) is 7.94. The van der Waals surface area contributed by atoms with E-state index in [1.165, 1.54) is 23.1 Å². The third-order valence-electron chi connectivity index (χ3n) is 6.00. The van der Waals surface area contributed by atoms with Crippen LogP contribution in [0.4, 0.5) is 5.69 Å². The summed E-state index contributed by atoms with van der Waals surface area (Å²) in [6, 6.07) is 15.7. The Labute approximate surface area is 203 Å². The lowest BCUT2D eigenvalue weighted by atomic mass is 10.2. The third kappa shape index (κ3) is 3.95. The molecule has 0 radical (unpaired) electrons. The number of carbonyl (C=O) groups excluding carboxylic acids is 1. The largest absolute Gasteiger partial charge is 0.454 e. The number of anilines is 1. The molecule has 0 aliphatic carbocycles. The van der Waals surface area contributed by atoms with Gasteiger partial charge in [-0.25, -0.2) is 4.98 Å². The van der Waals surface area contributed by atoms with Gasteiger partial charge in [0.2, 0.25) is 12.7 Å². The standard InChI is InChI=1S/C25H21N3O4S2/c29-22-2-1-10-27(22)18-6-3-16(4-7-18)14-34-25-26-19-9-11-33-23(19)24(30)28(25)13-17-5-8-20-21(12-17)32-15-31-20/h3-9,11-12H,1-2,10,13-15H2. The molecular weight excluding hydrogens is 470 g/mol. The van der Waals surface area contributed by atoms with Crippen LogP contribution in [0.1, 0.15) is 24.0 Å². The fraction of sp³-hybridized carbons (Fsp3) is 0.240. The van der Waals surface area contributed by atoms with Crippen LogP contribution in [-0.2, 0) is 17.1 Å². The van der Waals surface area contributed by atoms with Crippen molar-refractivity contribution in [3.05, 3.63) is 75.4 Å². The lowest BCUT2D eigenvalue weighted by Gasteiger charge is -2.16. The first-order valence-electron chi connectivity index (χ1n) is 11.0. The second-order valence-corrected chi connectivity index (χ2v) is 10.1. The molecule has 0 bridgehead atoms. The van der Waals surface area contributed by atoms with Crippen molar-refractivity contribution in [1.82, 2.24) is 9.55 Å². The fourth-order valence-electron chi connectivity index (χ4n) is 4.24. The maximum absolute atomic E-state index is 13.3. The van der Waals surface area contributed by atoms with Crippen LogP contribution in [0.5, 0.6) is 11.5 Å². The first kappa shape index (κ1) is 21.2. The zero-order valence-corrected chi connectivity index (χ0v) is 19.9. The second-order valence-electron chi connectivity index (χ2n) is 8.21. The van der Waals surface area contributed by atoms with Gasteiger partial charge in [0, 0.05) is 24.4 Å². The Morgan fingerprint density at radius 1 is 1.00 bits per heavy atom. The number of thiophene rings is 1. The maximum Gasteiger partial charge on any atom is 0.272 e. The minimum Gasteiger partial charge on any atom is -0.454 e. The summed E-state index contributed by atoms with van der Waals surface area (Å²) in [5, 5.41) is 2.57. The molecule has 6 rings (SSSR count). The van der Waals surface area contributed by atoms with E-state index in [2.05, 4.69) is 0 Å². The van der Waals surface area contributed by atoms with E-state index < -0.39 is 0 Å². The number of hydrogen-bond acceptors (Lipinski definition) is 7. The molecule has 1 fully saturated rings. The second kappa shape index (κ2) is 8.81. The van der Waals surface area contributed by atoms with Crippen LogP contribution < -0.4 is 19.9 Å². The number of thioether (sulfide) groups is 1. The highest BCUT2D eigenvalue weighted by Gasteiger charge is 2.21. The van der Waals surface area contributed by atoms with E-state index in [1.54, 1.807) is 4.57 Å². The number of amides is 1. The average Bonchev–Trinajstić information content (AvgIpc) is 3.61. The smallest absolute Gasteiger partial charge is 0.272 e. The monoisotopic (exact) mass is 491 g/mol. The lowest BCUT2D eigenvalue weighted by molar-refractivity contribution is -0.117. The minimum absolute atomic E-state index is 0.0388. The van der Waals surface area contributed by atoms with Gasteiger partial charge in [0.05, 0.1) is 12.1 Å². The zero-order chi connectivity index (χ0) is 23.1. The Kier molecular flexibility index (Phi) is 5.50. The van der Waals surface area contributed by atoms with Crippen LogP contribution in [0.15, 0.2) is 63.9 Å². The number of hydrogen-bond donors (Lipinski definition) is 0. The van der Waals surface area contributed by atoms with Gasteiger partial charge in [-0.2, -0.15) is 0 Å².